The molecule has 1 unspecified atom stereocenters. The molecule has 4 bridgehead atoms. The summed E-state index contributed by atoms with van der Waals surface area (Å²) in [4.78, 5) is 18.1. The van der Waals surface area contributed by atoms with Crippen molar-refractivity contribution >= 4 is 17.2 Å². The summed E-state index contributed by atoms with van der Waals surface area (Å²) < 4.78 is 5.55. The molecule has 5 atom stereocenters. The summed E-state index contributed by atoms with van der Waals surface area (Å²) in [5.41, 5.74) is 5.28. The van der Waals surface area contributed by atoms with Gasteiger partial charge >= 0.3 is 0 Å². The van der Waals surface area contributed by atoms with Gasteiger partial charge in [-0.25, -0.2) is 0 Å². The zero-order valence-electron chi connectivity index (χ0n) is 14.1. The van der Waals surface area contributed by atoms with Gasteiger partial charge in [0.05, 0.1) is 18.7 Å². The number of methoxy groups -OCH3 is 1. The van der Waals surface area contributed by atoms with E-state index in [9.17, 15) is 4.79 Å². The Balaban J connectivity index is 1.70. The lowest BCUT2D eigenvalue weighted by atomic mass is 9.64. The smallest absolute Gasteiger partial charge is 0.142 e. The summed E-state index contributed by atoms with van der Waals surface area (Å²) in [7, 11) is 1.72. The van der Waals surface area contributed by atoms with Crippen LogP contribution in [0.3, 0.4) is 0 Å². The SMILES string of the molecule is CC=C1CN2[C@H]3C[C@H]1[C@@H](C=O)[C@@H]2Cc1c3[nH]c2c(OC)cccc12. The number of hydrogen-bond acceptors (Lipinski definition) is 3. The van der Waals surface area contributed by atoms with Crippen LogP contribution >= 0.6 is 0 Å². The number of carbonyl (C=O) groups is 1. The van der Waals surface area contributed by atoms with Crippen LogP contribution in [0.4, 0.5) is 0 Å². The fraction of sp³-hybridized carbons (Fsp3) is 0.450. The van der Waals surface area contributed by atoms with Crippen molar-refractivity contribution in [2.75, 3.05) is 13.7 Å². The van der Waals surface area contributed by atoms with Crippen LogP contribution in [-0.2, 0) is 11.2 Å². The Hall–Kier alpha value is -2.07. The quantitative estimate of drug-likeness (QED) is 0.682. The van der Waals surface area contributed by atoms with Crippen LogP contribution in [0.2, 0.25) is 0 Å². The zero-order chi connectivity index (χ0) is 16.4. The Morgan fingerprint density at radius 1 is 1.38 bits per heavy atom. The lowest BCUT2D eigenvalue weighted by Crippen LogP contribution is -2.60. The molecule has 24 heavy (non-hydrogen) atoms. The second-order valence-electron chi connectivity index (χ2n) is 7.28. The highest BCUT2D eigenvalue weighted by Gasteiger charge is 2.52. The first-order valence-corrected chi connectivity index (χ1v) is 8.80. The number of rotatable bonds is 2. The minimum absolute atomic E-state index is 0.130. The van der Waals surface area contributed by atoms with Crippen LogP contribution in [0.1, 0.15) is 30.6 Å². The van der Waals surface area contributed by atoms with Crippen LogP contribution in [-0.4, -0.2) is 35.9 Å². The number of nitrogens with zero attached hydrogens (tertiary/aromatic N) is 1. The molecule has 4 aliphatic rings. The standard InChI is InChI=1S/C20H22N2O2/c1-3-11-9-22-16-8-14-12-5-4-6-18(24-2)20(12)21-19(14)17(22)7-13(11)15(16)10-23/h3-6,10,13,15-17,21H,7-9H2,1-2H3/t13-,15-,16+,17+/m1/s1. The Morgan fingerprint density at radius 2 is 2.25 bits per heavy atom. The van der Waals surface area contributed by atoms with Gasteiger partial charge < -0.3 is 14.5 Å². The van der Waals surface area contributed by atoms with Gasteiger partial charge in [-0.2, -0.15) is 0 Å². The Morgan fingerprint density at radius 3 is 3.00 bits per heavy atom. The van der Waals surface area contributed by atoms with E-state index in [4.69, 9.17) is 4.74 Å². The van der Waals surface area contributed by atoms with Gasteiger partial charge in [-0.15, -0.1) is 0 Å². The van der Waals surface area contributed by atoms with Gasteiger partial charge in [-0.1, -0.05) is 23.8 Å². The van der Waals surface area contributed by atoms with E-state index >= 15 is 0 Å². The molecule has 1 N–H and O–H groups in total. The van der Waals surface area contributed by atoms with E-state index in [2.05, 4.69) is 35.0 Å². The second kappa shape index (κ2) is 4.96. The number of nitrogens with one attached hydrogen (secondary N) is 1. The zero-order valence-corrected chi connectivity index (χ0v) is 14.1. The number of aldehydes is 1. The minimum Gasteiger partial charge on any atom is -0.495 e. The lowest BCUT2D eigenvalue weighted by Gasteiger charge is -2.57. The van der Waals surface area contributed by atoms with E-state index in [0.717, 1.165) is 30.7 Å². The Bertz CT molecular complexity index is 866. The fourth-order valence-corrected chi connectivity index (χ4v) is 5.39. The van der Waals surface area contributed by atoms with Gasteiger partial charge in [0.15, 0.2) is 0 Å². The largest absolute Gasteiger partial charge is 0.495 e. The van der Waals surface area contributed by atoms with Crippen molar-refractivity contribution in [3.8, 4) is 5.75 Å². The molecule has 0 aliphatic carbocycles. The van der Waals surface area contributed by atoms with Crippen LogP contribution in [0.5, 0.6) is 5.75 Å². The molecule has 4 heteroatoms. The molecular weight excluding hydrogens is 300 g/mol. The van der Waals surface area contributed by atoms with E-state index < -0.39 is 0 Å². The summed E-state index contributed by atoms with van der Waals surface area (Å²) >= 11 is 0. The third kappa shape index (κ3) is 1.64. The molecule has 4 nitrogen and oxygen atoms in total. The number of aromatic nitrogens is 1. The number of hydrogen-bond donors (Lipinski definition) is 1. The van der Waals surface area contributed by atoms with E-state index in [1.54, 1.807) is 7.11 Å². The van der Waals surface area contributed by atoms with Gasteiger partial charge in [0.2, 0.25) is 0 Å². The summed E-state index contributed by atoms with van der Waals surface area (Å²) in [6.45, 7) is 3.11. The highest BCUT2D eigenvalue weighted by atomic mass is 16.5. The van der Waals surface area contributed by atoms with Crippen LogP contribution in [0.25, 0.3) is 10.9 Å². The average molecular weight is 322 g/mol. The summed E-state index contributed by atoms with van der Waals surface area (Å²) in [6.07, 6.45) is 5.43. The lowest BCUT2D eigenvalue weighted by molar-refractivity contribution is -0.121. The van der Waals surface area contributed by atoms with E-state index in [1.807, 2.05) is 6.07 Å². The average Bonchev–Trinajstić information content (AvgIpc) is 3.00. The topological polar surface area (TPSA) is 45.3 Å². The number of para-hydroxylation sites is 1. The van der Waals surface area contributed by atoms with Gasteiger partial charge in [0.1, 0.15) is 12.0 Å². The normalized spacial score (nSPS) is 35.2. The first kappa shape index (κ1) is 14.3. The number of H-pyrrole nitrogens is 1. The summed E-state index contributed by atoms with van der Waals surface area (Å²) in [6, 6.07) is 6.99. The molecule has 5 heterocycles. The van der Waals surface area contributed by atoms with E-state index in [1.165, 1.54) is 28.5 Å². The molecule has 4 aliphatic heterocycles. The predicted octanol–water partition coefficient (Wildman–Crippen LogP) is 3.24. The second-order valence-corrected chi connectivity index (χ2v) is 7.28. The maximum atomic E-state index is 11.8. The number of fused-ring (bicyclic) bond motifs is 4. The maximum Gasteiger partial charge on any atom is 0.142 e. The molecule has 1 aromatic carbocycles. The molecule has 0 spiro atoms. The van der Waals surface area contributed by atoms with Crippen LogP contribution in [0.15, 0.2) is 29.8 Å². The van der Waals surface area contributed by atoms with Crippen molar-refractivity contribution in [3.63, 3.8) is 0 Å². The summed E-state index contributed by atoms with van der Waals surface area (Å²) in [5, 5.41) is 1.26. The maximum absolute atomic E-state index is 11.8. The van der Waals surface area contributed by atoms with Gasteiger partial charge in [0, 0.05) is 29.6 Å². The minimum atomic E-state index is 0.130. The van der Waals surface area contributed by atoms with Gasteiger partial charge in [0.25, 0.3) is 0 Å². The number of benzene rings is 1. The molecule has 2 aromatic rings. The molecule has 0 amide bonds. The van der Waals surface area contributed by atoms with Gasteiger partial charge in [-0.05, 0) is 37.3 Å². The molecule has 124 valence electrons. The highest BCUT2D eigenvalue weighted by molar-refractivity contribution is 5.90. The number of allylic oxidation sites excluding steroid dienone is 1. The third-order valence-electron chi connectivity index (χ3n) is 6.48. The summed E-state index contributed by atoms with van der Waals surface area (Å²) in [5.74, 6) is 1.44. The van der Waals surface area contributed by atoms with E-state index in [-0.39, 0.29) is 5.92 Å². The van der Waals surface area contributed by atoms with Crippen LogP contribution in [0, 0.1) is 11.8 Å². The molecule has 1 aromatic heterocycles. The number of piperidine rings is 3. The first-order valence-electron chi connectivity index (χ1n) is 8.80. The Kier molecular flexibility index (Phi) is 2.95. The molecule has 3 saturated heterocycles. The van der Waals surface area contributed by atoms with Crippen molar-refractivity contribution in [2.45, 2.75) is 31.8 Å². The van der Waals surface area contributed by atoms with Crippen molar-refractivity contribution in [2.24, 2.45) is 11.8 Å². The van der Waals surface area contributed by atoms with Crippen LogP contribution < -0.4 is 4.74 Å². The molecule has 3 fully saturated rings. The monoisotopic (exact) mass is 322 g/mol. The number of ether oxygens (including phenoxy) is 1. The highest BCUT2D eigenvalue weighted by Crippen LogP contribution is 2.53. The predicted molar refractivity (Wildman–Crippen MR) is 93.2 cm³/mol. The Labute approximate surface area is 141 Å². The number of aromatic amines is 1. The van der Waals surface area contributed by atoms with Crippen molar-refractivity contribution < 1.29 is 9.53 Å². The van der Waals surface area contributed by atoms with Crippen molar-refractivity contribution in [3.05, 3.63) is 41.1 Å². The first-order chi connectivity index (χ1) is 11.8. The van der Waals surface area contributed by atoms with Crippen molar-refractivity contribution in [1.82, 2.24) is 9.88 Å². The molecule has 6 rings (SSSR count). The number of carbonyl (C=O) groups excluding carboxylic acids is 1. The molecular formula is C20H22N2O2. The third-order valence-corrected chi connectivity index (χ3v) is 6.48. The molecule has 0 radical (unpaired) electrons. The van der Waals surface area contributed by atoms with Gasteiger partial charge in [-0.3, -0.25) is 4.90 Å². The fourth-order valence-electron chi connectivity index (χ4n) is 5.39. The van der Waals surface area contributed by atoms with E-state index in [0.29, 0.717) is 18.0 Å². The van der Waals surface area contributed by atoms with Crippen molar-refractivity contribution in [1.29, 1.82) is 0 Å². The molecule has 0 saturated carbocycles.